The number of anilines is 1. The summed E-state index contributed by atoms with van der Waals surface area (Å²) in [6.45, 7) is 5.53. The lowest BCUT2D eigenvalue weighted by Gasteiger charge is -2.13. The first kappa shape index (κ1) is 21.9. The van der Waals surface area contributed by atoms with E-state index in [0.717, 1.165) is 21.6 Å². The van der Waals surface area contributed by atoms with Crippen molar-refractivity contribution in [1.29, 1.82) is 0 Å². The van der Waals surface area contributed by atoms with E-state index in [1.807, 2.05) is 36.6 Å². The summed E-state index contributed by atoms with van der Waals surface area (Å²) < 4.78 is 32.8. The summed E-state index contributed by atoms with van der Waals surface area (Å²) in [5, 5.41) is 10.5. The minimum absolute atomic E-state index is 0.166. The molecule has 1 heterocycles. The Labute approximate surface area is 180 Å². The first-order valence-corrected chi connectivity index (χ1v) is 11.9. The molecular weight excluding hydrogens is 422 g/mol. The number of hydrogen-bond donors (Lipinski definition) is 2. The van der Waals surface area contributed by atoms with Crippen molar-refractivity contribution >= 4 is 33.0 Å². The Morgan fingerprint density at radius 2 is 1.77 bits per heavy atom. The zero-order valence-electron chi connectivity index (χ0n) is 16.9. The van der Waals surface area contributed by atoms with Gasteiger partial charge >= 0.3 is 5.97 Å². The number of benzene rings is 2. The van der Waals surface area contributed by atoms with E-state index in [2.05, 4.69) is 4.72 Å². The highest BCUT2D eigenvalue weighted by atomic mass is 32.2. The van der Waals surface area contributed by atoms with Gasteiger partial charge in [-0.1, -0.05) is 24.3 Å². The first-order chi connectivity index (χ1) is 14.2. The summed E-state index contributed by atoms with van der Waals surface area (Å²) in [6.07, 6.45) is 0. The fourth-order valence-corrected chi connectivity index (χ4v) is 4.49. The molecule has 0 aliphatic rings. The highest BCUT2D eigenvalue weighted by molar-refractivity contribution is 7.93. The van der Waals surface area contributed by atoms with Crippen LogP contribution in [0.4, 0.5) is 5.69 Å². The van der Waals surface area contributed by atoms with E-state index < -0.39 is 21.2 Å². The molecule has 0 aliphatic heterocycles. The van der Waals surface area contributed by atoms with E-state index in [1.165, 1.54) is 17.4 Å². The van der Waals surface area contributed by atoms with Crippen molar-refractivity contribution in [2.45, 2.75) is 26.0 Å². The largest absolute Gasteiger partial charge is 0.493 e. The van der Waals surface area contributed by atoms with Crippen LogP contribution in [0.25, 0.3) is 21.6 Å². The highest BCUT2D eigenvalue weighted by Gasteiger charge is 2.19. The molecule has 0 aliphatic carbocycles. The minimum Gasteiger partial charge on any atom is -0.493 e. The predicted octanol–water partition coefficient (Wildman–Crippen LogP) is 5.33. The van der Waals surface area contributed by atoms with Crippen molar-refractivity contribution in [3.63, 3.8) is 0 Å². The normalized spacial score (nSPS) is 11.5. The van der Waals surface area contributed by atoms with Gasteiger partial charge in [-0.15, -0.1) is 11.3 Å². The second kappa shape index (κ2) is 8.89. The average molecular weight is 446 g/mol. The standard InChI is InChI=1S/C22H23NO5S2/c1-4-28-20-13-17(22(24)25)9-10-18(20)15-5-7-16(8-6-15)21-19(11-12-29-21)23-30(26,27)14(2)3/h5-14,23H,4H2,1-3H3,(H,24,25). The van der Waals surface area contributed by atoms with Crippen LogP contribution >= 0.6 is 11.3 Å². The highest BCUT2D eigenvalue weighted by Crippen LogP contribution is 2.37. The number of thiophene rings is 1. The molecule has 0 saturated carbocycles. The second-order valence-corrected chi connectivity index (χ2v) is 10.0. The minimum atomic E-state index is -3.43. The molecule has 8 heteroatoms. The SMILES string of the molecule is CCOc1cc(C(=O)O)ccc1-c1ccc(-c2sccc2NS(=O)(=O)C(C)C)cc1. The van der Waals surface area contributed by atoms with Crippen molar-refractivity contribution < 1.29 is 23.1 Å². The molecule has 2 aromatic carbocycles. The molecule has 1 aromatic heterocycles. The van der Waals surface area contributed by atoms with E-state index in [1.54, 1.807) is 32.0 Å². The van der Waals surface area contributed by atoms with E-state index in [0.29, 0.717) is 18.0 Å². The molecule has 3 rings (SSSR count). The van der Waals surface area contributed by atoms with Gasteiger partial charge in [-0.2, -0.15) is 0 Å². The second-order valence-electron chi connectivity index (χ2n) is 6.89. The van der Waals surface area contributed by atoms with Crippen molar-refractivity contribution in [3.05, 3.63) is 59.5 Å². The van der Waals surface area contributed by atoms with E-state index in [9.17, 15) is 18.3 Å². The van der Waals surface area contributed by atoms with Crippen LogP contribution in [0.5, 0.6) is 5.75 Å². The number of carbonyl (C=O) groups is 1. The Kier molecular flexibility index (Phi) is 6.48. The predicted molar refractivity (Wildman–Crippen MR) is 121 cm³/mol. The van der Waals surface area contributed by atoms with Gasteiger partial charge in [-0.3, -0.25) is 4.72 Å². The van der Waals surface area contributed by atoms with E-state index in [-0.39, 0.29) is 5.56 Å². The van der Waals surface area contributed by atoms with E-state index >= 15 is 0 Å². The lowest BCUT2D eigenvalue weighted by atomic mass is 10.0. The van der Waals surface area contributed by atoms with Crippen LogP contribution in [-0.2, 0) is 10.0 Å². The molecule has 0 atom stereocenters. The fraction of sp³-hybridized carbons (Fsp3) is 0.227. The molecule has 0 radical (unpaired) electrons. The zero-order chi connectivity index (χ0) is 21.9. The third-order valence-electron chi connectivity index (χ3n) is 4.52. The molecule has 2 N–H and O–H groups in total. The Hall–Kier alpha value is -2.84. The molecular formula is C22H23NO5S2. The molecule has 3 aromatic rings. The van der Waals surface area contributed by atoms with Gasteiger partial charge in [0, 0.05) is 5.56 Å². The number of sulfonamides is 1. The number of hydrogen-bond acceptors (Lipinski definition) is 5. The van der Waals surface area contributed by atoms with Gasteiger partial charge in [-0.05, 0) is 61.5 Å². The lowest BCUT2D eigenvalue weighted by molar-refractivity contribution is 0.0696. The van der Waals surface area contributed by atoms with Gasteiger partial charge in [0.2, 0.25) is 10.0 Å². The van der Waals surface area contributed by atoms with Crippen LogP contribution in [0.3, 0.4) is 0 Å². The maximum Gasteiger partial charge on any atom is 0.335 e. The van der Waals surface area contributed by atoms with Crippen molar-refractivity contribution in [2.75, 3.05) is 11.3 Å². The number of nitrogens with one attached hydrogen (secondary N) is 1. The molecule has 158 valence electrons. The van der Waals surface area contributed by atoms with Gasteiger partial charge in [0.1, 0.15) is 5.75 Å². The molecule has 0 spiro atoms. The molecule has 0 bridgehead atoms. The maximum absolute atomic E-state index is 12.2. The van der Waals surface area contributed by atoms with E-state index in [4.69, 9.17) is 4.74 Å². The Morgan fingerprint density at radius 1 is 1.10 bits per heavy atom. The molecule has 6 nitrogen and oxygen atoms in total. The zero-order valence-corrected chi connectivity index (χ0v) is 18.5. The summed E-state index contributed by atoms with van der Waals surface area (Å²) in [4.78, 5) is 12.1. The van der Waals surface area contributed by atoms with Crippen molar-refractivity contribution in [2.24, 2.45) is 0 Å². The van der Waals surface area contributed by atoms with Crippen LogP contribution in [0.2, 0.25) is 0 Å². The Bertz CT molecular complexity index is 1150. The quantitative estimate of drug-likeness (QED) is 0.489. The molecule has 0 unspecified atom stereocenters. The average Bonchev–Trinajstić information content (AvgIpc) is 3.15. The van der Waals surface area contributed by atoms with Crippen LogP contribution < -0.4 is 9.46 Å². The number of aromatic carboxylic acids is 1. The van der Waals surface area contributed by atoms with Crippen LogP contribution in [0.15, 0.2) is 53.9 Å². The summed E-state index contributed by atoms with van der Waals surface area (Å²) in [5.74, 6) is -0.501. The van der Waals surface area contributed by atoms with Gasteiger partial charge in [0.05, 0.1) is 28.0 Å². The smallest absolute Gasteiger partial charge is 0.335 e. The molecule has 0 fully saturated rings. The monoisotopic (exact) mass is 445 g/mol. The number of carboxylic acid groups (broad SMARTS) is 1. The van der Waals surface area contributed by atoms with Crippen molar-refractivity contribution in [3.8, 4) is 27.3 Å². The number of ether oxygens (including phenoxy) is 1. The summed E-state index contributed by atoms with van der Waals surface area (Å²) in [6, 6.07) is 14.2. The molecule has 30 heavy (non-hydrogen) atoms. The van der Waals surface area contributed by atoms with Gasteiger partial charge in [0.25, 0.3) is 0 Å². The third-order valence-corrected chi connectivity index (χ3v) is 7.23. The van der Waals surface area contributed by atoms with Gasteiger partial charge in [-0.25, -0.2) is 13.2 Å². The van der Waals surface area contributed by atoms with Gasteiger partial charge < -0.3 is 9.84 Å². The number of carboxylic acids is 1. The van der Waals surface area contributed by atoms with Crippen LogP contribution in [0, 0.1) is 0 Å². The Morgan fingerprint density at radius 3 is 2.37 bits per heavy atom. The fourth-order valence-electron chi connectivity index (χ4n) is 2.85. The van der Waals surface area contributed by atoms with Crippen molar-refractivity contribution in [1.82, 2.24) is 0 Å². The topological polar surface area (TPSA) is 92.7 Å². The lowest BCUT2D eigenvalue weighted by Crippen LogP contribution is -2.22. The van der Waals surface area contributed by atoms with Gasteiger partial charge in [0.15, 0.2) is 0 Å². The molecule has 0 amide bonds. The Balaban J connectivity index is 1.94. The summed E-state index contributed by atoms with van der Waals surface area (Å²) >= 11 is 1.46. The first-order valence-electron chi connectivity index (χ1n) is 9.43. The van der Waals surface area contributed by atoms with Crippen LogP contribution in [-0.4, -0.2) is 31.4 Å². The van der Waals surface area contributed by atoms with Crippen LogP contribution in [0.1, 0.15) is 31.1 Å². The maximum atomic E-state index is 12.2. The third kappa shape index (κ3) is 4.66. The number of rotatable bonds is 8. The molecule has 0 saturated heterocycles. The summed E-state index contributed by atoms with van der Waals surface area (Å²) in [5.41, 5.74) is 3.28. The summed E-state index contributed by atoms with van der Waals surface area (Å²) in [7, 11) is -3.43.